The van der Waals surface area contributed by atoms with Gasteiger partial charge in [-0.2, -0.15) is 0 Å². The average molecular weight is 637 g/mol. The van der Waals surface area contributed by atoms with E-state index < -0.39 is 5.54 Å². The third-order valence-corrected chi connectivity index (χ3v) is 12.2. The van der Waals surface area contributed by atoms with Crippen molar-refractivity contribution >= 4 is 67.2 Å². The van der Waals surface area contributed by atoms with Crippen LogP contribution in [0.1, 0.15) is 85.5 Å². The Morgan fingerprint density at radius 3 is 2.28 bits per heavy atom. The van der Waals surface area contributed by atoms with E-state index in [0.717, 1.165) is 82.3 Å². The van der Waals surface area contributed by atoms with Crippen LogP contribution in [0.3, 0.4) is 0 Å². The number of rotatable bonds is 8. The minimum Gasteiger partial charge on any atom is -0.351 e. The fourth-order valence-electron chi connectivity index (χ4n) is 9.20. The van der Waals surface area contributed by atoms with Crippen LogP contribution >= 0.6 is 11.6 Å². The number of Topliss-reactive ketones (excluding diaryl/α,β-unsaturated/α-hetero) is 1. The van der Waals surface area contributed by atoms with Gasteiger partial charge in [-0.1, -0.05) is 80.3 Å². The molecule has 4 aromatic rings. The molecule has 3 aliphatic carbocycles. The predicted octanol–water partition coefficient (Wildman–Crippen LogP) is 9.10. The number of fused-ring (bicyclic) bond motifs is 1. The number of hydrogen-bond donors (Lipinski definition) is 1. The van der Waals surface area contributed by atoms with E-state index in [9.17, 15) is 14.4 Å². The SMILES string of the molecule is CC(C)=C1C[C@@H]2[C@@H](CCC(C)(C(=O)NC3CCCCC3)N(C(=O)CCl)c3ccc4ccc5cccc6ccc3c4c56)[C@]2(C)CC1=O. The largest absolute Gasteiger partial charge is 0.351 e. The molecule has 1 unspecified atom stereocenters. The number of benzene rings is 4. The summed E-state index contributed by atoms with van der Waals surface area (Å²) in [6, 6.07) is 19.0. The van der Waals surface area contributed by atoms with E-state index in [1.165, 1.54) is 11.8 Å². The first-order chi connectivity index (χ1) is 22.1. The Balaban J connectivity index is 1.31. The maximum Gasteiger partial charge on any atom is 0.246 e. The second kappa shape index (κ2) is 11.7. The van der Waals surface area contributed by atoms with Crippen LogP contribution in [0.4, 0.5) is 5.69 Å². The van der Waals surface area contributed by atoms with Gasteiger partial charge in [0.05, 0.1) is 5.69 Å². The highest BCUT2D eigenvalue weighted by molar-refractivity contribution is 6.32. The Labute approximate surface area is 277 Å². The zero-order chi connectivity index (χ0) is 32.4. The summed E-state index contributed by atoms with van der Waals surface area (Å²) >= 11 is 6.39. The van der Waals surface area contributed by atoms with Crippen LogP contribution in [0.5, 0.6) is 0 Å². The molecule has 1 N–H and O–H groups in total. The van der Waals surface area contributed by atoms with Crippen molar-refractivity contribution in [3.05, 3.63) is 65.7 Å². The third kappa shape index (κ3) is 5.01. The van der Waals surface area contributed by atoms with Gasteiger partial charge in [0.15, 0.2) is 5.78 Å². The Kier molecular flexibility index (Phi) is 7.91. The molecule has 4 atom stereocenters. The molecule has 3 saturated carbocycles. The highest BCUT2D eigenvalue weighted by Crippen LogP contribution is 2.68. The summed E-state index contributed by atoms with van der Waals surface area (Å²) in [5, 5.41) is 10.0. The van der Waals surface area contributed by atoms with Crippen LogP contribution in [0.2, 0.25) is 0 Å². The van der Waals surface area contributed by atoms with Crippen LogP contribution in [-0.2, 0) is 14.4 Å². The second-order valence-corrected chi connectivity index (χ2v) is 15.2. The molecule has 0 aliphatic heterocycles. The molecule has 6 heteroatoms. The van der Waals surface area contributed by atoms with E-state index in [2.05, 4.69) is 60.8 Å². The van der Waals surface area contributed by atoms with Crippen molar-refractivity contribution in [3.8, 4) is 0 Å². The fourth-order valence-corrected chi connectivity index (χ4v) is 9.32. The number of anilines is 1. The number of ketones is 1. The lowest BCUT2D eigenvalue weighted by molar-refractivity contribution is -0.130. The molecule has 0 heterocycles. The van der Waals surface area contributed by atoms with Crippen molar-refractivity contribution in [3.63, 3.8) is 0 Å². The number of carbonyl (C=O) groups excluding carboxylic acids is 3. The summed E-state index contributed by atoms with van der Waals surface area (Å²) < 4.78 is 0. The highest BCUT2D eigenvalue weighted by Gasteiger charge is 2.64. The molecule has 0 aromatic heterocycles. The first kappa shape index (κ1) is 31.2. The molecule has 0 saturated heterocycles. The molecule has 240 valence electrons. The minimum atomic E-state index is -1.17. The van der Waals surface area contributed by atoms with Crippen LogP contribution in [0, 0.1) is 17.3 Å². The number of nitrogens with one attached hydrogen (secondary N) is 1. The van der Waals surface area contributed by atoms with Gasteiger partial charge in [0, 0.05) is 17.8 Å². The highest BCUT2D eigenvalue weighted by atomic mass is 35.5. The van der Waals surface area contributed by atoms with E-state index in [1.807, 2.05) is 26.8 Å². The fraction of sp³-hybridized carbons (Fsp3) is 0.475. The molecule has 46 heavy (non-hydrogen) atoms. The van der Waals surface area contributed by atoms with Gasteiger partial charge in [-0.05, 0) is 109 Å². The zero-order valence-electron chi connectivity index (χ0n) is 27.5. The van der Waals surface area contributed by atoms with E-state index in [4.69, 9.17) is 11.6 Å². The van der Waals surface area contributed by atoms with Crippen LogP contribution in [-0.4, -0.2) is 35.1 Å². The Morgan fingerprint density at radius 1 is 0.957 bits per heavy atom. The molecule has 3 fully saturated rings. The number of amides is 2. The number of carbonyl (C=O) groups is 3. The number of nitrogens with zero attached hydrogens (tertiary/aromatic N) is 1. The number of allylic oxidation sites excluding steroid dienone is 2. The Morgan fingerprint density at radius 2 is 1.61 bits per heavy atom. The first-order valence-corrected chi connectivity index (χ1v) is 17.7. The zero-order valence-corrected chi connectivity index (χ0v) is 28.3. The molecular weight excluding hydrogens is 592 g/mol. The molecule has 0 spiro atoms. The van der Waals surface area contributed by atoms with Crippen molar-refractivity contribution in [1.82, 2.24) is 5.32 Å². The van der Waals surface area contributed by atoms with E-state index >= 15 is 0 Å². The molecule has 5 nitrogen and oxygen atoms in total. The lowest BCUT2D eigenvalue weighted by Gasteiger charge is -2.42. The van der Waals surface area contributed by atoms with E-state index in [1.54, 1.807) is 4.90 Å². The van der Waals surface area contributed by atoms with Gasteiger partial charge in [0.25, 0.3) is 0 Å². The maximum absolute atomic E-state index is 14.6. The van der Waals surface area contributed by atoms with Crippen molar-refractivity contribution in [2.24, 2.45) is 17.3 Å². The number of halogens is 1. The van der Waals surface area contributed by atoms with Crippen LogP contribution in [0.25, 0.3) is 32.3 Å². The Hall–Kier alpha value is -3.44. The van der Waals surface area contributed by atoms with Crippen molar-refractivity contribution in [2.45, 2.75) is 97.1 Å². The number of hydrogen-bond acceptors (Lipinski definition) is 3. The molecule has 3 aliphatic rings. The summed E-state index contributed by atoms with van der Waals surface area (Å²) in [6.45, 7) is 8.25. The van der Waals surface area contributed by atoms with E-state index in [0.29, 0.717) is 24.7 Å². The normalized spacial score (nSPS) is 24.6. The summed E-state index contributed by atoms with van der Waals surface area (Å²) in [4.78, 5) is 43.5. The van der Waals surface area contributed by atoms with Gasteiger partial charge in [0.2, 0.25) is 11.8 Å². The first-order valence-electron chi connectivity index (χ1n) is 17.1. The molecular formula is C40H45ClN2O3. The van der Waals surface area contributed by atoms with Gasteiger partial charge < -0.3 is 5.32 Å². The molecule has 0 radical (unpaired) electrons. The standard InChI is InChI=1S/C40H45ClN2O3/c1-24(2)30-21-32-31(39(32,3)22-34(30)44)19-20-40(4,38(46)42-28-11-6-5-7-12-28)43(35(45)23-41)33-18-16-27-14-13-25-9-8-10-26-15-17-29(33)37(27)36(25)26/h8-10,13-18,28,31-32H,5-7,11-12,19-23H2,1-4H3,(H,42,46)/t31-,32-,39+,40?/m1/s1. The molecule has 2 amide bonds. The topological polar surface area (TPSA) is 66.5 Å². The summed E-state index contributed by atoms with van der Waals surface area (Å²) in [5.74, 6) is 0.401. The minimum absolute atomic E-state index is 0.0505. The molecule has 0 bridgehead atoms. The Bertz CT molecular complexity index is 1870. The second-order valence-electron chi connectivity index (χ2n) is 14.9. The smallest absolute Gasteiger partial charge is 0.246 e. The van der Waals surface area contributed by atoms with Gasteiger partial charge >= 0.3 is 0 Å². The third-order valence-electron chi connectivity index (χ3n) is 12.0. The maximum atomic E-state index is 14.6. The van der Waals surface area contributed by atoms with Crippen LogP contribution in [0.15, 0.2) is 65.7 Å². The quantitative estimate of drug-likeness (QED) is 0.119. The van der Waals surface area contributed by atoms with Gasteiger partial charge in [-0.15, -0.1) is 11.6 Å². The molecule has 4 aromatic carbocycles. The van der Waals surface area contributed by atoms with Crippen LogP contribution < -0.4 is 10.2 Å². The van der Waals surface area contributed by atoms with Gasteiger partial charge in [0.1, 0.15) is 11.4 Å². The summed E-state index contributed by atoms with van der Waals surface area (Å²) in [5.41, 5.74) is 1.60. The summed E-state index contributed by atoms with van der Waals surface area (Å²) in [6.07, 6.45) is 7.94. The van der Waals surface area contributed by atoms with E-state index in [-0.39, 0.29) is 34.9 Å². The van der Waals surface area contributed by atoms with Gasteiger partial charge in [-0.25, -0.2) is 0 Å². The predicted molar refractivity (Wildman–Crippen MR) is 189 cm³/mol. The van der Waals surface area contributed by atoms with Gasteiger partial charge in [-0.3, -0.25) is 19.3 Å². The average Bonchev–Trinajstić information content (AvgIpc) is 3.64. The van der Waals surface area contributed by atoms with Crippen molar-refractivity contribution < 1.29 is 14.4 Å². The van der Waals surface area contributed by atoms with Crippen molar-refractivity contribution in [2.75, 3.05) is 10.8 Å². The number of alkyl halides is 1. The molecule has 7 rings (SSSR count). The lowest BCUT2D eigenvalue weighted by Crippen LogP contribution is -2.61. The summed E-state index contributed by atoms with van der Waals surface area (Å²) in [7, 11) is 0. The lowest BCUT2D eigenvalue weighted by atomic mass is 9.83. The monoisotopic (exact) mass is 636 g/mol. The van der Waals surface area contributed by atoms with Crippen molar-refractivity contribution in [1.29, 1.82) is 0 Å².